The number of carbonyl (C=O) groups is 1. The molecule has 0 unspecified atom stereocenters. The Morgan fingerprint density at radius 1 is 1.39 bits per heavy atom. The second-order valence-electron chi connectivity index (χ2n) is 4.59. The summed E-state index contributed by atoms with van der Waals surface area (Å²) in [5.41, 5.74) is 7.65. The first-order chi connectivity index (χ1) is 8.08. The Bertz CT molecular complexity index is 431. The number of carbonyl (C=O) groups excluding carboxylic acids is 1. The highest BCUT2D eigenvalue weighted by Crippen LogP contribution is 2.19. The lowest BCUT2D eigenvalue weighted by Gasteiger charge is -2.30. The maximum atomic E-state index is 12.3. The van der Waals surface area contributed by atoms with Gasteiger partial charge in [-0.1, -0.05) is 22.0 Å². The molecule has 1 aromatic carbocycles. The van der Waals surface area contributed by atoms with Crippen molar-refractivity contribution in [3.63, 3.8) is 0 Å². The largest absolute Gasteiger partial charge is 0.339 e. The Balaban J connectivity index is 0.00000162. The molecule has 1 aromatic rings. The van der Waals surface area contributed by atoms with Crippen molar-refractivity contribution < 1.29 is 4.79 Å². The number of hydrogen-bond donors (Lipinski definition) is 1. The number of nitrogens with two attached hydrogens (primary N) is 1. The van der Waals surface area contributed by atoms with Crippen molar-refractivity contribution in [3.8, 4) is 0 Å². The van der Waals surface area contributed by atoms with Crippen LogP contribution in [0.5, 0.6) is 0 Å². The van der Waals surface area contributed by atoms with Gasteiger partial charge in [-0.15, -0.1) is 12.4 Å². The molecule has 5 heteroatoms. The van der Waals surface area contributed by atoms with Crippen LogP contribution in [0.4, 0.5) is 0 Å². The summed E-state index contributed by atoms with van der Waals surface area (Å²) < 4.78 is 0.945. The summed E-state index contributed by atoms with van der Waals surface area (Å²) in [6.07, 6.45) is 1.80. The van der Waals surface area contributed by atoms with Crippen LogP contribution >= 0.6 is 28.3 Å². The lowest BCUT2D eigenvalue weighted by molar-refractivity contribution is 0.0714. The highest BCUT2D eigenvalue weighted by atomic mass is 79.9. The van der Waals surface area contributed by atoms with Crippen molar-refractivity contribution in [1.29, 1.82) is 0 Å². The molecule has 2 rings (SSSR count). The van der Waals surface area contributed by atoms with E-state index < -0.39 is 0 Å². The van der Waals surface area contributed by atoms with E-state index in [9.17, 15) is 4.79 Å². The number of aryl methyl sites for hydroxylation is 1. The van der Waals surface area contributed by atoms with Crippen molar-refractivity contribution in [2.24, 2.45) is 5.73 Å². The summed E-state index contributed by atoms with van der Waals surface area (Å²) in [6.45, 7) is 3.51. The summed E-state index contributed by atoms with van der Waals surface area (Å²) in [4.78, 5) is 14.2. The number of likely N-dealkylation sites (tertiary alicyclic amines) is 1. The van der Waals surface area contributed by atoms with Gasteiger partial charge in [0, 0.05) is 29.2 Å². The molecule has 1 aliphatic heterocycles. The van der Waals surface area contributed by atoms with E-state index in [1.807, 2.05) is 30.0 Å². The molecule has 100 valence electrons. The summed E-state index contributed by atoms with van der Waals surface area (Å²) in [7, 11) is 0. The number of rotatable bonds is 1. The smallest absolute Gasteiger partial charge is 0.254 e. The Labute approximate surface area is 122 Å². The molecule has 2 N–H and O–H groups in total. The van der Waals surface area contributed by atoms with Gasteiger partial charge in [0.25, 0.3) is 5.91 Å². The zero-order valence-electron chi connectivity index (χ0n) is 10.4. The number of hydrogen-bond acceptors (Lipinski definition) is 2. The molecule has 0 bridgehead atoms. The fourth-order valence-electron chi connectivity index (χ4n) is 2.10. The van der Waals surface area contributed by atoms with E-state index >= 15 is 0 Å². The minimum absolute atomic E-state index is 0. The van der Waals surface area contributed by atoms with Gasteiger partial charge in [0.1, 0.15) is 0 Å². The number of nitrogens with zero attached hydrogens (tertiary/aromatic N) is 1. The van der Waals surface area contributed by atoms with Gasteiger partial charge in [-0.25, -0.2) is 0 Å². The third kappa shape index (κ3) is 3.46. The molecule has 0 aromatic heterocycles. The first-order valence-corrected chi connectivity index (χ1v) is 6.68. The van der Waals surface area contributed by atoms with Crippen molar-refractivity contribution in [3.05, 3.63) is 33.8 Å². The molecule has 1 heterocycles. The molecule has 0 atom stereocenters. The van der Waals surface area contributed by atoms with Gasteiger partial charge >= 0.3 is 0 Å². The Morgan fingerprint density at radius 2 is 2.00 bits per heavy atom. The van der Waals surface area contributed by atoms with Crippen LogP contribution < -0.4 is 5.73 Å². The molecule has 1 aliphatic rings. The number of benzene rings is 1. The van der Waals surface area contributed by atoms with Crippen molar-refractivity contribution in [2.75, 3.05) is 13.1 Å². The molecule has 0 radical (unpaired) electrons. The lowest BCUT2D eigenvalue weighted by atomic mass is 10.0. The summed E-state index contributed by atoms with van der Waals surface area (Å²) in [5.74, 6) is 0.121. The SMILES string of the molecule is Cc1ccc(Br)cc1C(=O)N1CCC(N)CC1.Cl. The van der Waals surface area contributed by atoms with Crippen molar-refractivity contribution in [1.82, 2.24) is 4.90 Å². The van der Waals surface area contributed by atoms with E-state index in [1.54, 1.807) is 0 Å². The fraction of sp³-hybridized carbons (Fsp3) is 0.462. The number of piperidine rings is 1. The van der Waals surface area contributed by atoms with Crippen LogP contribution in [0.1, 0.15) is 28.8 Å². The summed E-state index contributed by atoms with van der Waals surface area (Å²) in [5, 5.41) is 0. The Morgan fingerprint density at radius 3 is 2.61 bits per heavy atom. The highest BCUT2D eigenvalue weighted by molar-refractivity contribution is 9.10. The average Bonchev–Trinajstić information content (AvgIpc) is 2.32. The molecular weight excluding hydrogens is 316 g/mol. The zero-order valence-corrected chi connectivity index (χ0v) is 12.8. The molecule has 0 spiro atoms. The van der Waals surface area contributed by atoms with Gasteiger partial charge in [0.2, 0.25) is 0 Å². The van der Waals surface area contributed by atoms with Crippen LogP contribution in [0.15, 0.2) is 22.7 Å². The van der Waals surface area contributed by atoms with Crippen LogP contribution in [0, 0.1) is 6.92 Å². The van der Waals surface area contributed by atoms with Gasteiger partial charge in [0.15, 0.2) is 0 Å². The van der Waals surface area contributed by atoms with Crippen LogP contribution in [0.2, 0.25) is 0 Å². The average molecular weight is 334 g/mol. The van der Waals surface area contributed by atoms with E-state index in [2.05, 4.69) is 15.9 Å². The topological polar surface area (TPSA) is 46.3 Å². The van der Waals surface area contributed by atoms with Crippen LogP contribution in [-0.4, -0.2) is 29.9 Å². The van der Waals surface area contributed by atoms with E-state index in [-0.39, 0.29) is 24.4 Å². The molecule has 1 amide bonds. The second kappa shape index (κ2) is 6.55. The van der Waals surface area contributed by atoms with Gasteiger partial charge in [0.05, 0.1) is 0 Å². The highest BCUT2D eigenvalue weighted by Gasteiger charge is 2.22. The van der Waals surface area contributed by atoms with Gasteiger partial charge in [-0.2, -0.15) is 0 Å². The van der Waals surface area contributed by atoms with Crippen LogP contribution in [0.3, 0.4) is 0 Å². The minimum Gasteiger partial charge on any atom is -0.339 e. The van der Waals surface area contributed by atoms with E-state index in [1.165, 1.54) is 0 Å². The standard InChI is InChI=1S/C13H17BrN2O.ClH/c1-9-2-3-10(14)8-12(9)13(17)16-6-4-11(15)5-7-16;/h2-3,8,11H,4-7,15H2,1H3;1H. The Hall–Kier alpha value is -0.580. The molecule has 0 saturated carbocycles. The third-order valence-corrected chi connectivity index (χ3v) is 3.75. The lowest BCUT2D eigenvalue weighted by Crippen LogP contribution is -2.43. The van der Waals surface area contributed by atoms with E-state index in [0.29, 0.717) is 0 Å². The van der Waals surface area contributed by atoms with Crippen molar-refractivity contribution in [2.45, 2.75) is 25.8 Å². The molecule has 18 heavy (non-hydrogen) atoms. The molecule has 1 fully saturated rings. The quantitative estimate of drug-likeness (QED) is 0.859. The maximum absolute atomic E-state index is 12.3. The first-order valence-electron chi connectivity index (χ1n) is 5.89. The van der Waals surface area contributed by atoms with Gasteiger partial charge in [-0.05, 0) is 37.5 Å². The predicted molar refractivity (Wildman–Crippen MR) is 79.2 cm³/mol. The summed E-state index contributed by atoms with van der Waals surface area (Å²) >= 11 is 3.41. The van der Waals surface area contributed by atoms with Gasteiger partial charge in [-0.3, -0.25) is 4.79 Å². The zero-order chi connectivity index (χ0) is 12.4. The molecular formula is C13H18BrClN2O. The molecule has 1 saturated heterocycles. The Kier molecular flexibility index (Phi) is 5.63. The number of amides is 1. The van der Waals surface area contributed by atoms with Crippen LogP contribution in [0.25, 0.3) is 0 Å². The van der Waals surface area contributed by atoms with Gasteiger partial charge < -0.3 is 10.6 Å². The second-order valence-corrected chi connectivity index (χ2v) is 5.50. The summed E-state index contributed by atoms with van der Waals surface area (Å²) in [6, 6.07) is 6.07. The monoisotopic (exact) mass is 332 g/mol. The molecule has 0 aliphatic carbocycles. The molecule has 3 nitrogen and oxygen atoms in total. The predicted octanol–water partition coefficient (Wildman–Crippen LogP) is 2.74. The first kappa shape index (κ1) is 15.5. The normalized spacial score (nSPS) is 16.3. The maximum Gasteiger partial charge on any atom is 0.254 e. The van der Waals surface area contributed by atoms with Crippen LogP contribution in [-0.2, 0) is 0 Å². The minimum atomic E-state index is 0. The fourth-order valence-corrected chi connectivity index (χ4v) is 2.46. The number of halogens is 2. The van der Waals surface area contributed by atoms with Crippen molar-refractivity contribution >= 4 is 34.2 Å². The van der Waals surface area contributed by atoms with E-state index in [4.69, 9.17) is 5.73 Å². The van der Waals surface area contributed by atoms with E-state index in [0.717, 1.165) is 41.5 Å². The third-order valence-electron chi connectivity index (χ3n) is 3.26.